The van der Waals surface area contributed by atoms with Crippen LogP contribution in [0.15, 0.2) is 24.3 Å². The highest BCUT2D eigenvalue weighted by molar-refractivity contribution is 5.87. The van der Waals surface area contributed by atoms with Gasteiger partial charge in [0.2, 0.25) is 5.91 Å². The Morgan fingerprint density at radius 2 is 1.84 bits per heavy atom. The number of hydrogen-bond donors (Lipinski definition) is 2. The van der Waals surface area contributed by atoms with Crippen LogP contribution in [-0.2, 0) is 10.2 Å². The minimum absolute atomic E-state index is 0.0333. The molecular weight excluding hydrogens is 238 g/mol. The lowest BCUT2D eigenvalue weighted by Crippen LogP contribution is -2.45. The molecule has 1 aromatic carbocycles. The first-order chi connectivity index (χ1) is 8.75. The lowest BCUT2D eigenvalue weighted by molar-refractivity contribution is -0.125. The van der Waals surface area contributed by atoms with Crippen molar-refractivity contribution >= 4 is 11.6 Å². The van der Waals surface area contributed by atoms with E-state index in [4.69, 9.17) is 5.73 Å². The number of nitrogens with zero attached hydrogens (tertiary/aromatic N) is 1. The molecule has 0 saturated carbocycles. The van der Waals surface area contributed by atoms with E-state index in [1.807, 2.05) is 52.2 Å². The monoisotopic (exact) mass is 263 g/mol. The molecule has 1 rings (SSSR count). The second-order valence-electron chi connectivity index (χ2n) is 5.77. The van der Waals surface area contributed by atoms with Crippen molar-refractivity contribution < 1.29 is 4.79 Å². The van der Waals surface area contributed by atoms with Gasteiger partial charge in [-0.25, -0.2) is 0 Å². The number of nitrogens with two attached hydrogens (primary N) is 1. The van der Waals surface area contributed by atoms with Crippen molar-refractivity contribution in [3.05, 3.63) is 29.8 Å². The van der Waals surface area contributed by atoms with Crippen LogP contribution in [0.3, 0.4) is 0 Å². The van der Waals surface area contributed by atoms with E-state index in [1.165, 1.54) is 0 Å². The summed E-state index contributed by atoms with van der Waals surface area (Å²) >= 11 is 0. The normalized spacial score (nSPS) is 13.4. The van der Waals surface area contributed by atoms with Crippen LogP contribution in [0, 0.1) is 0 Å². The minimum Gasteiger partial charge on any atom is -0.399 e. The number of carbonyl (C=O) groups excluding carboxylic acids is 1. The third-order valence-corrected chi connectivity index (χ3v) is 3.64. The van der Waals surface area contributed by atoms with E-state index in [0.717, 1.165) is 5.56 Å². The van der Waals surface area contributed by atoms with Gasteiger partial charge in [-0.15, -0.1) is 0 Å². The fraction of sp³-hybridized carbons (Fsp3) is 0.533. The summed E-state index contributed by atoms with van der Waals surface area (Å²) in [6.45, 7) is 6.57. The third-order valence-electron chi connectivity index (χ3n) is 3.64. The van der Waals surface area contributed by atoms with Crippen molar-refractivity contribution in [1.29, 1.82) is 0 Å². The van der Waals surface area contributed by atoms with Gasteiger partial charge in [0, 0.05) is 18.3 Å². The number of rotatable bonds is 5. The van der Waals surface area contributed by atoms with Crippen molar-refractivity contribution in [1.82, 2.24) is 10.2 Å². The summed E-state index contributed by atoms with van der Waals surface area (Å²) in [5, 5.41) is 3.01. The van der Waals surface area contributed by atoms with Crippen LogP contribution in [0.2, 0.25) is 0 Å². The van der Waals surface area contributed by atoms with Crippen molar-refractivity contribution in [3.8, 4) is 0 Å². The predicted octanol–water partition coefficient (Wildman–Crippen LogP) is 1.61. The highest BCUT2D eigenvalue weighted by atomic mass is 16.2. The Hall–Kier alpha value is -1.55. The van der Waals surface area contributed by atoms with Crippen LogP contribution in [0.1, 0.15) is 26.3 Å². The Balaban J connectivity index is 2.71. The van der Waals surface area contributed by atoms with Gasteiger partial charge in [0.15, 0.2) is 0 Å². The maximum atomic E-state index is 12.3. The number of hydrogen-bond acceptors (Lipinski definition) is 3. The maximum absolute atomic E-state index is 12.3. The average Bonchev–Trinajstić information content (AvgIpc) is 2.35. The quantitative estimate of drug-likeness (QED) is 0.794. The van der Waals surface area contributed by atoms with Crippen molar-refractivity contribution in [3.63, 3.8) is 0 Å². The zero-order chi connectivity index (χ0) is 14.6. The summed E-state index contributed by atoms with van der Waals surface area (Å²) in [6, 6.07) is 7.78. The van der Waals surface area contributed by atoms with Crippen LogP contribution >= 0.6 is 0 Å². The fourth-order valence-corrected chi connectivity index (χ4v) is 1.67. The second-order valence-corrected chi connectivity index (χ2v) is 5.77. The molecule has 1 aromatic rings. The van der Waals surface area contributed by atoms with Gasteiger partial charge in [-0.05, 0) is 52.6 Å². The van der Waals surface area contributed by atoms with Crippen molar-refractivity contribution in [2.45, 2.75) is 32.2 Å². The predicted molar refractivity (Wildman–Crippen MR) is 80.0 cm³/mol. The van der Waals surface area contributed by atoms with Crippen LogP contribution in [-0.4, -0.2) is 37.5 Å². The molecule has 0 saturated heterocycles. The summed E-state index contributed by atoms with van der Waals surface area (Å²) < 4.78 is 0. The molecule has 0 heterocycles. The Kier molecular flexibility index (Phi) is 4.95. The second kappa shape index (κ2) is 6.06. The lowest BCUT2D eigenvalue weighted by atomic mass is 9.83. The summed E-state index contributed by atoms with van der Waals surface area (Å²) in [6.07, 6.45) is 0. The van der Waals surface area contributed by atoms with Crippen LogP contribution in [0.5, 0.6) is 0 Å². The number of nitrogens with one attached hydrogen (secondary N) is 1. The molecule has 4 heteroatoms. The van der Waals surface area contributed by atoms with Crippen molar-refractivity contribution in [2.24, 2.45) is 0 Å². The zero-order valence-corrected chi connectivity index (χ0v) is 12.5. The van der Waals surface area contributed by atoms with Crippen LogP contribution in [0.4, 0.5) is 5.69 Å². The maximum Gasteiger partial charge on any atom is 0.230 e. The van der Waals surface area contributed by atoms with Crippen LogP contribution in [0.25, 0.3) is 0 Å². The Labute approximate surface area is 116 Å². The summed E-state index contributed by atoms with van der Waals surface area (Å²) in [7, 11) is 4.00. The molecule has 0 aliphatic rings. The molecular formula is C15H25N3O. The van der Waals surface area contributed by atoms with Gasteiger partial charge in [0.25, 0.3) is 0 Å². The molecule has 1 atom stereocenters. The molecule has 0 aliphatic heterocycles. The van der Waals surface area contributed by atoms with Gasteiger partial charge in [-0.3, -0.25) is 4.79 Å². The number of likely N-dealkylation sites (N-methyl/N-ethyl adjacent to an activating group) is 1. The SMILES string of the molecule is CC(CNC(=O)C(C)(C)c1ccc(N)cc1)N(C)C. The van der Waals surface area contributed by atoms with Crippen LogP contribution < -0.4 is 11.1 Å². The molecule has 0 radical (unpaired) electrons. The number of anilines is 1. The molecule has 1 amide bonds. The van der Waals surface area contributed by atoms with Gasteiger partial charge >= 0.3 is 0 Å². The largest absolute Gasteiger partial charge is 0.399 e. The molecule has 0 aromatic heterocycles. The number of nitrogen functional groups attached to an aromatic ring is 1. The molecule has 106 valence electrons. The zero-order valence-electron chi connectivity index (χ0n) is 12.5. The van der Waals surface area contributed by atoms with Gasteiger partial charge in [-0.1, -0.05) is 12.1 Å². The minimum atomic E-state index is -0.556. The summed E-state index contributed by atoms with van der Waals surface area (Å²) in [5.74, 6) is 0.0333. The number of carbonyl (C=O) groups is 1. The first kappa shape index (κ1) is 15.5. The third kappa shape index (κ3) is 3.96. The molecule has 0 spiro atoms. The topological polar surface area (TPSA) is 58.4 Å². The highest BCUT2D eigenvalue weighted by Gasteiger charge is 2.29. The van der Waals surface area contributed by atoms with Crippen molar-refractivity contribution in [2.75, 3.05) is 26.4 Å². The summed E-state index contributed by atoms with van der Waals surface area (Å²) in [5.41, 5.74) is 6.79. The lowest BCUT2D eigenvalue weighted by Gasteiger charge is -2.27. The van der Waals surface area contributed by atoms with E-state index in [2.05, 4.69) is 17.1 Å². The number of amides is 1. The Bertz CT molecular complexity index is 424. The fourth-order valence-electron chi connectivity index (χ4n) is 1.67. The van der Waals surface area contributed by atoms with Gasteiger partial charge < -0.3 is 16.0 Å². The molecule has 19 heavy (non-hydrogen) atoms. The van der Waals surface area contributed by atoms with E-state index in [9.17, 15) is 4.79 Å². The molecule has 0 fully saturated rings. The van der Waals surface area contributed by atoms with E-state index in [1.54, 1.807) is 0 Å². The first-order valence-corrected chi connectivity index (χ1v) is 6.56. The van der Waals surface area contributed by atoms with E-state index < -0.39 is 5.41 Å². The Morgan fingerprint density at radius 3 is 2.32 bits per heavy atom. The molecule has 0 bridgehead atoms. The molecule has 4 nitrogen and oxygen atoms in total. The highest BCUT2D eigenvalue weighted by Crippen LogP contribution is 2.24. The van der Waals surface area contributed by atoms with Gasteiger partial charge in [-0.2, -0.15) is 0 Å². The van der Waals surface area contributed by atoms with Gasteiger partial charge in [0.05, 0.1) is 5.41 Å². The first-order valence-electron chi connectivity index (χ1n) is 6.56. The molecule has 3 N–H and O–H groups in total. The standard InChI is InChI=1S/C15H25N3O/c1-11(18(4)5)10-17-14(19)15(2,3)12-6-8-13(16)9-7-12/h6-9,11H,10,16H2,1-5H3,(H,17,19). The van der Waals surface area contributed by atoms with E-state index >= 15 is 0 Å². The molecule has 1 unspecified atom stereocenters. The smallest absolute Gasteiger partial charge is 0.230 e. The summed E-state index contributed by atoms with van der Waals surface area (Å²) in [4.78, 5) is 14.4. The molecule has 0 aliphatic carbocycles. The number of benzene rings is 1. The average molecular weight is 263 g/mol. The Morgan fingerprint density at radius 1 is 1.32 bits per heavy atom. The van der Waals surface area contributed by atoms with E-state index in [-0.39, 0.29) is 5.91 Å². The van der Waals surface area contributed by atoms with Gasteiger partial charge in [0.1, 0.15) is 0 Å². The van der Waals surface area contributed by atoms with E-state index in [0.29, 0.717) is 18.3 Å².